The standard InChI is InChI=1S/C24H29N5O4S.C2HF3O2/c1-17(2)33-21-11-9-20(10-12-21)26-24(30)18-6-4-8-22(14-18)34(31,32)29-13-5-7-19(15-29)23-27-25-16-28(23)3;3-2(4,5)1(6)7/h4,6,8-12,14,16-17,19H,5,7,13,15H2,1-3H3,(H,26,30);(H,6,7). The fraction of sp³-hybridized carbons (Fsp3) is 0.385. The number of alkyl halides is 3. The number of amides is 1. The number of ether oxygens (including phenoxy) is 1. The molecule has 3 aromatic rings. The van der Waals surface area contributed by atoms with Gasteiger partial charge in [0, 0.05) is 37.3 Å². The minimum absolute atomic E-state index is 0.0230. The number of carboxylic acids is 1. The fourth-order valence-electron chi connectivity index (χ4n) is 4.07. The van der Waals surface area contributed by atoms with Gasteiger partial charge in [-0.05, 0) is 69.2 Å². The second-order valence-electron chi connectivity index (χ2n) is 9.48. The van der Waals surface area contributed by atoms with Crippen molar-refractivity contribution in [2.45, 2.75) is 49.8 Å². The molecule has 0 spiro atoms. The van der Waals surface area contributed by atoms with Gasteiger partial charge in [0.25, 0.3) is 5.91 Å². The third kappa shape index (κ3) is 8.50. The fourth-order valence-corrected chi connectivity index (χ4v) is 5.64. The Hall–Kier alpha value is -3.98. The van der Waals surface area contributed by atoms with Gasteiger partial charge in [-0.25, -0.2) is 13.2 Å². The summed E-state index contributed by atoms with van der Waals surface area (Å²) in [6, 6.07) is 13.2. The van der Waals surface area contributed by atoms with E-state index >= 15 is 0 Å². The van der Waals surface area contributed by atoms with Gasteiger partial charge in [0.05, 0.1) is 11.0 Å². The molecule has 1 fully saturated rings. The third-order valence-corrected chi connectivity index (χ3v) is 7.82. The van der Waals surface area contributed by atoms with Crippen LogP contribution in [0.5, 0.6) is 5.75 Å². The zero-order valence-electron chi connectivity index (χ0n) is 22.5. The van der Waals surface area contributed by atoms with E-state index in [9.17, 15) is 26.4 Å². The number of hydrogen-bond donors (Lipinski definition) is 2. The molecule has 0 bridgehead atoms. The number of halogens is 3. The molecule has 1 unspecified atom stereocenters. The van der Waals surface area contributed by atoms with Gasteiger partial charge in [-0.15, -0.1) is 10.2 Å². The second-order valence-corrected chi connectivity index (χ2v) is 11.4. The van der Waals surface area contributed by atoms with Gasteiger partial charge in [-0.3, -0.25) is 4.79 Å². The number of rotatable bonds is 7. The van der Waals surface area contributed by atoms with Crippen LogP contribution in [-0.2, 0) is 21.9 Å². The average molecular weight is 598 g/mol. The Bertz CT molecular complexity index is 1460. The highest BCUT2D eigenvalue weighted by atomic mass is 32.2. The molecule has 222 valence electrons. The maximum atomic E-state index is 13.4. The van der Waals surface area contributed by atoms with E-state index < -0.39 is 22.2 Å². The van der Waals surface area contributed by atoms with E-state index in [1.54, 1.807) is 42.7 Å². The van der Waals surface area contributed by atoms with Gasteiger partial charge < -0.3 is 19.7 Å². The minimum Gasteiger partial charge on any atom is -0.491 e. The van der Waals surface area contributed by atoms with Crippen molar-refractivity contribution >= 4 is 27.6 Å². The van der Waals surface area contributed by atoms with E-state index in [1.807, 2.05) is 25.5 Å². The molecule has 2 N–H and O–H groups in total. The first-order valence-corrected chi connectivity index (χ1v) is 13.9. The van der Waals surface area contributed by atoms with Gasteiger partial charge in [-0.1, -0.05) is 6.07 Å². The van der Waals surface area contributed by atoms with E-state index in [0.29, 0.717) is 24.5 Å². The lowest BCUT2D eigenvalue weighted by atomic mass is 9.99. The monoisotopic (exact) mass is 597 g/mol. The number of sulfonamides is 1. The first kappa shape index (κ1) is 31.5. The second kappa shape index (κ2) is 13.1. The first-order valence-electron chi connectivity index (χ1n) is 12.5. The van der Waals surface area contributed by atoms with Crippen LogP contribution in [0.4, 0.5) is 18.9 Å². The van der Waals surface area contributed by atoms with E-state index in [4.69, 9.17) is 14.6 Å². The van der Waals surface area contributed by atoms with E-state index in [1.165, 1.54) is 16.4 Å². The average Bonchev–Trinajstić information content (AvgIpc) is 3.35. The van der Waals surface area contributed by atoms with Gasteiger partial charge in [0.2, 0.25) is 10.0 Å². The van der Waals surface area contributed by atoms with Crippen molar-refractivity contribution in [3.63, 3.8) is 0 Å². The number of carbonyl (C=O) groups excluding carboxylic acids is 1. The summed E-state index contributed by atoms with van der Waals surface area (Å²) in [6.45, 7) is 4.64. The summed E-state index contributed by atoms with van der Waals surface area (Å²) in [5, 5.41) is 18.0. The summed E-state index contributed by atoms with van der Waals surface area (Å²) < 4.78 is 67.4. The van der Waals surface area contributed by atoms with Crippen LogP contribution in [0.3, 0.4) is 0 Å². The number of piperidine rings is 1. The van der Waals surface area contributed by atoms with Crippen LogP contribution in [0.2, 0.25) is 0 Å². The number of carbonyl (C=O) groups is 2. The van der Waals surface area contributed by atoms with Crippen LogP contribution >= 0.6 is 0 Å². The lowest BCUT2D eigenvalue weighted by molar-refractivity contribution is -0.192. The lowest BCUT2D eigenvalue weighted by Gasteiger charge is -2.31. The molecule has 2 aromatic carbocycles. The summed E-state index contributed by atoms with van der Waals surface area (Å²) in [4.78, 5) is 21.8. The number of aromatic nitrogens is 3. The number of aliphatic carboxylic acids is 1. The number of anilines is 1. The van der Waals surface area contributed by atoms with Crippen molar-refractivity contribution in [2.75, 3.05) is 18.4 Å². The molecule has 0 aliphatic carbocycles. The largest absolute Gasteiger partial charge is 0.491 e. The van der Waals surface area contributed by atoms with Crippen LogP contribution < -0.4 is 10.1 Å². The SMILES string of the molecule is CC(C)Oc1ccc(NC(=O)c2cccc(S(=O)(=O)N3CCCC(c4nncn4C)C3)c2)cc1.O=C(O)C(F)(F)F. The molecule has 1 aromatic heterocycles. The van der Waals surface area contributed by atoms with Gasteiger partial charge in [0.15, 0.2) is 0 Å². The maximum absolute atomic E-state index is 13.4. The summed E-state index contributed by atoms with van der Waals surface area (Å²) in [5.74, 6) is -1.68. The van der Waals surface area contributed by atoms with E-state index in [2.05, 4.69) is 15.5 Å². The Morgan fingerprint density at radius 1 is 1.15 bits per heavy atom. The van der Waals surface area contributed by atoms with Gasteiger partial charge in [0.1, 0.15) is 17.9 Å². The van der Waals surface area contributed by atoms with Crippen LogP contribution in [0.25, 0.3) is 0 Å². The van der Waals surface area contributed by atoms with E-state index in [0.717, 1.165) is 18.7 Å². The molecular weight excluding hydrogens is 567 g/mol. The number of nitrogens with one attached hydrogen (secondary N) is 1. The number of carboxylic acid groups (broad SMARTS) is 1. The third-order valence-electron chi connectivity index (χ3n) is 5.96. The molecule has 2 heterocycles. The molecule has 1 aliphatic heterocycles. The van der Waals surface area contributed by atoms with Crippen molar-refractivity contribution in [3.8, 4) is 5.75 Å². The van der Waals surface area contributed by atoms with Crippen molar-refractivity contribution in [3.05, 3.63) is 66.2 Å². The van der Waals surface area contributed by atoms with Crippen molar-refractivity contribution < 1.29 is 41.0 Å². The normalized spacial score (nSPS) is 16.0. The predicted molar refractivity (Wildman–Crippen MR) is 142 cm³/mol. The van der Waals surface area contributed by atoms with Crippen LogP contribution in [0.15, 0.2) is 59.8 Å². The van der Waals surface area contributed by atoms with Crippen molar-refractivity contribution in [1.82, 2.24) is 19.1 Å². The summed E-state index contributed by atoms with van der Waals surface area (Å²) >= 11 is 0. The molecule has 1 atom stereocenters. The number of hydrogen-bond acceptors (Lipinski definition) is 7. The summed E-state index contributed by atoms with van der Waals surface area (Å²) in [6.07, 6.45) is -1.83. The Morgan fingerprint density at radius 3 is 2.37 bits per heavy atom. The van der Waals surface area contributed by atoms with Gasteiger partial charge in [-0.2, -0.15) is 17.5 Å². The first-order chi connectivity index (χ1) is 19.2. The summed E-state index contributed by atoms with van der Waals surface area (Å²) in [7, 11) is -1.91. The highest BCUT2D eigenvalue weighted by Gasteiger charge is 2.38. The molecular formula is C26H30F3N5O6S. The molecule has 0 radical (unpaired) electrons. The maximum Gasteiger partial charge on any atom is 0.490 e. The smallest absolute Gasteiger partial charge is 0.490 e. The zero-order valence-corrected chi connectivity index (χ0v) is 23.3. The lowest BCUT2D eigenvalue weighted by Crippen LogP contribution is -2.39. The molecule has 4 rings (SSSR count). The highest BCUT2D eigenvalue weighted by molar-refractivity contribution is 7.89. The number of benzene rings is 2. The topological polar surface area (TPSA) is 144 Å². The quantitative estimate of drug-likeness (QED) is 0.415. The Balaban J connectivity index is 0.000000587. The molecule has 1 saturated heterocycles. The van der Waals surface area contributed by atoms with E-state index in [-0.39, 0.29) is 28.4 Å². The molecule has 15 heteroatoms. The van der Waals surface area contributed by atoms with Gasteiger partial charge >= 0.3 is 12.1 Å². The molecule has 11 nitrogen and oxygen atoms in total. The number of aryl methyl sites for hydroxylation is 1. The molecule has 0 saturated carbocycles. The van der Waals surface area contributed by atoms with Crippen molar-refractivity contribution in [1.29, 1.82) is 0 Å². The van der Waals surface area contributed by atoms with Crippen molar-refractivity contribution in [2.24, 2.45) is 7.05 Å². The van der Waals surface area contributed by atoms with Crippen LogP contribution in [0.1, 0.15) is 48.8 Å². The molecule has 41 heavy (non-hydrogen) atoms. The predicted octanol–water partition coefficient (Wildman–Crippen LogP) is 4.06. The Kier molecular flexibility index (Phi) is 10.1. The molecule has 1 amide bonds. The molecule has 1 aliphatic rings. The Morgan fingerprint density at radius 2 is 1.80 bits per heavy atom. The van der Waals surface area contributed by atoms with Crippen LogP contribution in [-0.4, -0.2) is 69.8 Å². The summed E-state index contributed by atoms with van der Waals surface area (Å²) in [5.41, 5.74) is 0.863. The Labute approximate surface area is 235 Å². The highest BCUT2D eigenvalue weighted by Crippen LogP contribution is 2.29. The zero-order chi connectivity index (χ0) is 30.4. The minimum atomic E-state index is -5.08. The number of nitrogens with zero attached hydrogens (tertiary/aromatic N) is 4. The van der Waals surface area contributed by atoms with Crippen LogP contribution in [0, 0.1) is 0 Å².